The molecule has 1 fully saturated rings. The van der Waals surface area contributed by atoms with E-state index in [1.54, 1.807) is 42.5 Å². The summed E-state index contributed by atoms with van der Waals surface area (Å²) < 4.78 is 5.42. The summed E-state index contributed by atoms with van der Waals surface area (Å²) in [4.78, 5) is 42.0. The first-order valence-corrected chi connectivity index (χ1v) is 9.77. The minimum Gasteiger partial charge on any atom is -0.467 e. The van der Waals surface area contributed by atoms with E-state index in [1.807, 2.05) is 32.0 Å². The van der Waals surface area contributed by atoms with Gasteiger partial charge in [-0.05, 0) is 50.2 Å². The second-order valence-electron chi connectivity index (χ2n) is 7.50. The molecule has 1 atom stereocenters. The van der Waals surface area contributed by atoms with Crippen LogP contribution in [0.25, 0.3) is 0 Å². The van der Waals surface area contributed by atoms with Crippen LogP contribution in [0.1, 0.15) is 33.7 Å². The number of benzene rings is 2. The van der Waals surface area contributed by atoms with Gasteiger partial charge in [-0.3, -0.25) is 14.4 Å². The topological polar surface area (TPSA) is 70.8 Å². The Balaban J connectivity index is 1.68. The van der Waals surface area contributed by atoms with Gasteiger partial charge in [-0.15, -0.1) is 0 Å². The third-order valence-electron chi connectivity index (χ3n) is 5.22. The first-order valence-electron chi connectivity index (χ1n) is 9.77. The number of amides is 3. The molecular weight excluding hydrogens is 380 g/mol. The zero-order valence-corrected chi connectivity index (χ0v) is 16.9. The fourth-order valence-corrected chi connectivity index (χ4v) is 3.66. The second-order valence-corrected chi connectivity index (χ2v) is 7.50. The normalized spacial score (nSPS) is 16.2. The molecule has 152 valence electrons. The van der Waals surface area contributed by atoms with Crippen LogP contribution in [0.2, 0.25) is 0 Å². The summed E-state index contributed by atoms with van der Waals surface area (Å²) in [6, 6.07) is 16.9. The van der Waals surface area contributed by atoms with Gasteiger partial charge in [0.25, 0.3) is 11.8 Å². The zero-order chi connectivity index (χ0) is 21.3. The van der Waals surface area contributed by atoms with Gasteiger partial charge in [0.05, 0.1) is 24.9 Å². The van der Waals surface area contributed by atoms with Gasteiger partial charge >= 0.3 is 0 Å². The molecule has 3 aromatic rings. The fraction of sp³-hybridized carbons (Fsp3) is 0.208. The third-order valence-corrected chi connectivity index (χ3v) is 5.22. The largest absolute Gasteiger partial charge is 0.467 e. The smallest absolute Gasteiger partial charge is 0.257 e. The minimum atomic E-state index is -0.892. The molecule has 4 rings (SSSR count). The van der Waals surface area contributed by atoms with Crippen LogP contribution in [-0.4, -0.2) is 28.7 Å². The van der Waals surface area contributed by atoms with Gasteiger partial charge in [0.15, 0.2) is 0 Å². The van der Waals surface area contributed by atoms with Crippen LogP contribution in [-0.2, 0) is 16.1 Å². The van der Waals surface area contributed by atoms with Crippen LogP contribution in [0, 0.1) is 13.8 Å². The Bertz CT molecular complexity index is 1090. The maximum Gasteiger partial charge on any atom is 0.257 e. The Morgan fingerprint density at radius 2 is 1.80 bits per heavy atom. The van der Waals surface area contributed by atoms with Gasteiger partial charge in [0.1, 0.15) is 11.8 Å². The highest BCUT2D eigenvalue weighted by Gasteiger charge is 2.44. The van der Waals surface area contributed by atoms with Crippen LogP contribution < -0.4 is 4.90 Å². The summed E-state index contributed by atoms with van der Waals surface area (Å²) in [5.41, 5.74) is 2.95. The monoisotopic (exact) mass is 402 g/mol. The van der Waals surface area contributed by atoms with Crippen LogP contribution >= 0.6 is 0 Å². The van der Waals surface area contributed by atoms with E-state index in [1.165, 1.54) is 16.1 Å². The number of carbonyl (C=O) groups excluding carboxylic acids is 3. The van der Waals surface area contributed by atoms with Crippen molar-refractivity contribution in [2.45, 2.75) is 32.9 Å². The number of hydrogen-bond acceptors (Lipinski definition) is 4. The van der Waals surface area contributed by atoms with E-state index >= 15 is 0 Å². The number of furan rings is 1. The Kier molecular flexibility index (Phi) is 5.23. The predicted octanol–water partition coefficient (Wildman–Crippen LogP) is 3.87. The summed E-state index contributed by atoms with van der Waals surface area (Å²) in [6.45, 7) is 3.94. The van der Waals surface area contributed by atoms with Crippen molar-refractivity contribution in [3.8, 4) is 0 Å². The van der Waals surface area contributed by atoms with Crippen molar-refractivity contribution in [3.05, 3.63) is 89.4 Å². The van der Waals surface area contributed by atoms with Gasteiger partial charge < -0.3 is 9.32 Å². The van der Waals surface area contributed by atoms with Crippen LogP contribution in [0.15, 0.2) is 71.3 Å². The summed E-state index contributed by atoms with van der Waals surface area (Å²) in [5, 5.41) is 0. The average molecular weight is 402 g/mol. The summed E-state index contributed by atoms with van der Waals surface area (Å²) in [5.74, 6) is -0.496. The Hall–Kier alpha value is -3.67. The lowest BCUT2D eigenvalue weighted by Crippen LogP contribution is -2.45. The van der Waals surface area contributed by atoms with Gasteiger partial charge in [0, 0.05) is 5.56 Å². The lowest BCUT2D eigenvalue weighted by atomic mass is 10.1. The van der Waals surface area contributed by atoms with Crippen LogP contribution in [0.3, 0.4) is 0 Å². The Morgan fingerprint density at radius 3 is 2.47 bits per heavy atom. The van der Waals surface area contributed by atoms with E-state index in [-0.39, 0.29) is 24.8 Å². The number of aryl methyl sites for hydroxylation is 2. The van der Waals surface area contributed by atoms with E-state index in [0.29, 0.717) is 17.0 Å². The first kappa shape index (κ1) is 19.6. The molecule has 0 radical (unpaired) electrons. The molecule has 0 saturated carbocycles. The third kappa shape index (κ3) is 3.76. The molecule has 2 heterocycles. The standard InChI is InChI=1S/C24H22N2O4/c1-16-8-10-19(11-9-16)26-22(27)14-21(24(26)29)25(15-20-7-4-12-30-20)23(28)18-6-3-5-17(2)13-18/h3-13,21H,14-15H2,1-2H3. The first-order chi connectivity index (χ1) is 14.4. The molecule has 0 N–H and O–H groups in total. The molecular formula is C24H22N2O4. The van der Waals surface area contributed by atoms with E-state index in [4.69, 9.17) is 4.42 Å². The van der Waals surface area contributed by atoms with Crippen molar-refractivity contribution in [1.29, 1.82) is 0 Å². The zero-order valence-electron chi connectivity index (χ0n) is 16.9. The number of anilines is 1. The maximum atomic E-state index is 13.4. The molecule has 6 heteroatoms. The van der Waals surface area contributed by atoms with Crippen LogP contribution in [0.5, 0.6) is 0 Å². The Labute approximate surface area is 174 Å². The Morgan fingerprint density at radius 1 is 1.03 bits per heavy atom. The molecule has 2 aromatic carbocycles. The quantitative estimate of drug-likeness (QED) is 0.608. The lowest BCUT2D eigenvalue weighted by molar-refractivity contribution is -0.122. The van der Waals surface area contributed by atoms with E-state index in [2.05, 4.69) is 0 Å². The lowest BCUT2D eigenvalue weighted by Gasteiger charge is -2.27. The molecule has 1 aromatic heterocycles. The number of imide groups is 1. The number of carbonyl (C=O) groups is 3. The molecule has 0 aliphatic carbocycles. The van der Waals surface area contributed by atoms with Crippen molar-refractivity contribution < 1.29 is 18.8 Å². The highest BCUT2D eigenvalue weighted by Crippen LogP contribution is 2.28. The van der Waals surface area contributed by atoms with Crippen molar-refractivity contribution >= 4 is 23.4 Å². The predicted molar refractivity (Wildman–Crippen MR) is 112 cm³/mol. The fourth-order valence-electron chi connectivity index (χ4n) is 3.66. The SMILES string of the molecule is Cc1ccc(N2C(=O)CC(N(Cc3ccco3)C(=O)c3cccc(C)c3)C2=O)cc1. The van der Waals surface area contributed by atoms with Crippen molar-refractivity contribution in [2.75, 3.05) is 4.90 Å². The number of hydrogen-bond donors (Lipinski definition) is 0. The van der Waals surface area contributed by atoms with Crippen molar-refractivity contribution in [2.24, 2.45) is 0 Å². The van der Waals surface area contributed by atoms with E-state index < -0.39 is 11.9 Å². The molecule has 3 amide bonds. The van der Waals surface area contributed by atoms with Crippen LogP contribution in [0.4, 0.5) is 5.69 Å². The van der Waals surface area contributed by atoms with E-state index in [0.717, 1.165) is 11.1 Å². The highest BCUT2D eigenvalue weighted by molar-refractivity contribution is 6.23. The number of rotatable bonds is 5. The highest BCUT2D eigenvalue weighted by atomic mass is 16.3. The number of nitrogens with zero attached hydrogens (tertiary/aromatic N) is 2. The molecule has 1 unspecified atom stereocenters. The summed E-state index contributed by atoms with van der Waals surface area (Å²) >= 11 is 0. The van der Waals surface area contributed by atoms with Gasteiger partial charge in [-0.2, -0.15) is 0 Å². The van der Waals surface area contributed by atoms with Gasteiger partial charge in [-0.1, -0.05) is 35.4 Å². The molecule has 0 bridgehead atoms. The molecule has 0 spiro atoms. The van der Waals surface area contributed by atoms with Gasteiger partial charge in [0.2, 0.25) is 5.91 Å². The molecule has 1 aliphatic heterocycles. The molecule has 1 aliphatic rings. The van der Waals surface area contributed by atoms with Gasteiger partial charge in [-0.25, -0.2) is 4.90 Å². The van der Waals surface area contributed by atoms with Crippen molar-refractivity contribution in [1.82, 2.24) is 4.90 Å². The maximum absolute atomic E-state index is 13.4. The van der Waals surface area contributed by atoms with E-state index in [9.17, 15) is 14.4 Å². The van der Waals surface area contributed by atoms with Crippen molar-refractivity contribution in [3.63, 3.8) is 0 Å². The molecule has 1 saturated heterocycles. The summed E-state index contributed by atoms with van der Waals surface area (Å²) in [6.07, 6.45) is 1.45. The summed E-state index contributed by atoms with van der Waals surface area (Å²) in [7, 11) is 0. The second kappa shape index (κ2) is 7.99. The average Bonchev–Trinajstić information content (AvgIpc) is 3.34. The molecule has 6 nitrogen and oxygen atoms in total. The minimum absolute atomic E-state index is 0.0645. The molecule has 30 heavy (non-hydrogen) atoms.